The molecule has 2 N–H and O–H groups in total. The Kier molecular flexibility index (Phi) is 6.67. The number of rotatable bonds is 7. The zero-order valence-corrected chi connectivity index (χ0v) is 14.3. The third-order valence-corrected chi connectivity index (χ3v) is 3.63. The molecule has 0 aromatic heterocycles. The highest BCUT2D eigenvalue weighted by Gasteiger charge is 2.28. The van der Waals surface area contributed by atoms with Crippen LogP contribution in [0.1, 0.15) is 6.42 Å². The predicted octanol–water partition coefficient (Wildman–Crippen LogP) is 2.65. The third kappa shape index (κ3) is 6.43. The normalized spacial score (nSPS) is 14.5. The van der Waals surface area contributed by atoms with Gasteiger partial charge in [0.05, 0.1) is 13.1 Å². The summed E-state index contributed by atoms with van der Waals surface area (Å²) in [5.74, 6) is 0. The second-order valence-corrected chi connectivity index (χ2v) is 5.90. The van der Waals surface area contributed by atoms with Gasteiger partial charge in [-0.15, -0.1) is 0 Å². The summed E-state index contributed by atoms with van der Waals surface area (Å²) in [7, 11) is 1.38. The summed E-state index contributed by atoms with van der Waals surface area (Å²) in [4.78, 5) is 26.0. The average molecular weight is 374 g/mol. The van der Waals surface area contributed by atoms with Gasteiger partial charge in [0, 0.05) is 17.9 Å². The first-order chi connectivity index (χ1) is 12.2. The van der Waals surface area contributed by atoms with Gasteiger partial charge in [0.2, 0.25) is 0 Å². The van der Waals surface area contributed by atoms with Gasteiger partial charge in [-0.2, -0.15) is 13.2 Å². The standard InChI is InChI=1S/C16H21F3N4O3/c1-22(11-16(17,18)19)7-3-6-20-14(24)21-12-4-2-5-13(10-12)23-8-9-26-15(23)25/h2,4-5,10H,3,6-9,11H2,1H3,(H2,20,21,24). The Morgan fingerprint density at radius 3 is 2.81 bits per heavy atom. The number of hydrogen-bond acceptors (Lipinski definition) is 4. The van der Waals surface area contributed by atoms with Gasteiger partial charge in [-0.3, -0.25) is 9.80 Å². The molecular formula is C16H21F3N4O3. The third-order valence-electron chi connectivity index (χ3n) is 3.63. The summed E-state index contributed by atoms with van der Waals surface area (Å²) in [6.07, 6.45) is -4.28. The second-order valence-electron chi connectivity index (χ2n) is 5.90. The van der Waals surface area contributed by atoms with Crippen LogP contribution < -0.4 is 15.5 Å². The van der Waals surface area contributed by atoms with Crippen molar-refractivity contribution in [3.8, 4) is 0 Å². The lowest BCUT2D eigenvalue weighted by atomic mass is 10.2. The molecule has 1 aliphatic heterocycles. The highest BCUT2D eigenvalue weighted by molar-refractivity contribution is 5.93. The molecule has 1 aromatic carbocycles. The minimum atomic E-state index is -4.23. The van der Waals surface area contributed by atoms with E-state index in [1.807, 2.05) is 0 Å². The number of carbonyl (C=O) groups excluding carboxylic acids is 2. The molecule has 1 heterocycles. The summed E-state index contributed by atoms with van der Waals surface area (Å²) in [6.45, 7) is 0.239. The molecule has 26 heavy (non-hydrogen) atoms. The van der Waals surface area contributed by atoms with E-state index < -0.39 is 24.8 Å². The number of amides is 3. The molecule has 10 heteroatoms. The van der Waals surface area contributed by atoms with Crippen LogP contribution in [0.15, 0.2) is 24.3 Å². The van der Waals surface area contributed by atoms with Crippen molar-refractivity contribution in [3.05, 3.63) is 24.3 Å². The lowest BCUT2D eigenvalue weighted by molar-refractivity contribution is -0.143. The molecule has 0 atom stereocenters. The van der Waals surface area contributed by atoms with E-state index in [-0.39, 0.29) is 13.1 Å². The molecule has 3 amide bonds. The van der Waals surface area contributed by atoms with E-state index in [1.54, 1.807) is 24.3 Å². The molecule has 144 valence electrons. The van der Waals surface area contributed by atoms with Gasteiger partial charge in [-0.05, 0) is 38.2 Å². The summed E-state index contributed by atoms with van der Waals surface area (Å²) in [6, 6.07) is 6.27. The fraction of sp³-hybridized carbons (Fsp3) is 0.500. The van der Waals surface area contributed by atoms with Crippen LogP contribution in [0.5, 0.6) is 0 Å². The van der Waals surface area contributed by atoms with Crippen LogP contribution in [0.25, 0.3) is 0 Å². The maximum absolute atomic E-state index is 12.2. The maximum Gasteiger partial charge on any atom is 0.414 e. The number of urea groups is 1. The number of hydrogen-bond donors (Lipinski definition) is 2. The number of nitrogens with zero attached hydrogens (tertiary/aromatic N) is 2. The van der Waals surface area contributed by atoms with Crippen LogP contribution in [0.3, 0.4) is 0 Å². The second kappa shape index (κ2) is 8.75. The molecule has 1 aliphatic rings. The van der Waals surface area contributed by atoms with Crippen LogP contribution in [-0.4, -0.2) is 63.0 Å². The number of carbonyl (C=O) groups is 2. The Labute approximate surface area is 149 Å². The Bertz CT molecular complexity index is 639. The number of ether oxygens (including phenoxy) is 1. The number of nitrogens with one attached hydrogen (secondary N) is 2. The molecular weight excluding hydrogens is 353 g/mol. The van der Waals surface area contributed by atoms with Gasteiger partial charge in [-0.1, -0.05) is 6.07 Å². The van der Waals surface area contributed by atoms with E-state index in [0.717, 1.165) is 4.90 Å². The SMILES string of the molecule is CN(CCCNC(=O)Nc1cccc(N2CCOC2=O)c1)CC(F)(F)F. The lowest BCUT2D eigenvalue weighted by Gasteiger charge is -2.18. The molecule has 1 fully saturated rings. The number of cyclic esters (lactones) is 1. The minimum absolute atomic E-state index is 0.215. The first kappa shape index (κ1) is 19.8. The highest BCUT2D eigenvalue weighted by Crippen LogP contribution is 2.22. The minimum Gasteiger partial charge on any atom is -0.447 e. The first-order valence-corrected chi connectivity index (χ1v) is 8.09. The van der Waals surface area contributed by atoms with Crippen LogP contribution >= 0.6 is 0 Å². The van der Waals surface area contributed by atoms with Gasteiger partial charge in [0.1, 0.15) is 6.61 Å². The van der Waals surface area contributed by atoms with Crippen LogP contribution in [0.4, 0.5) is 34.1 Å². The van der Waals surface area contributed by atoms with E-state index in [0.29, 0.717) is 30.9 Å². The van der Waals surface area contributed by atoms with E-state index in [1.165, 1.54) is 11.9 Å². The summed E-state index contributed by atoms with van der Waals surface area (Å²) in [5, 5.41) is 5.21. The van der Waals surface area contributed by atoms with Crippen LogP contribution in [-0.2, 0) is 4.74 Å². The van der Waals surface area contributed by atoms with E-state index in [9.17, 15) is 22.8 Å². The Balaban J connectivity index is 1.73. The van der Waals surface area contributed by atoms with Crippen LogP contribution in [0, 0.1) is 0 Å². The molecule has 0 bridgehead atoms. The van der Waals surface area contributed by atoms with Crippen molar-refractivity contribution in [1.29, 1.82) is 0 Å². The monoisotopic (exact) mass is 374 g/mol. The zero-order valence-electron chi connectivity index (χ0n) is 14.3. The van der Waals surface area contributed by atoms with Gasteiger partial charge in [0.25, 0.3) is 0 Å². The van der Waals surface area contributed by atoms with Crippen molar-refractivity contribution in [1.82, 2.24) is 10.2 Å². The summed E-state index contributed by atoms with van der Waals surface area (Å²) < 4.78 is 41.5. The van der Waals surface area contributed by atoms with Crippen molar-refractivity contribution in [2.24, 2.45) is 0 Å². The molecule has 0 radical (unpaired) electrons. The summed E-state index contributed by atoms with van der Waals surface area (Å²) >= 11 is 0. The molecule has 1 aromatic rings. The van der Waals surface area contributed by atoms with Crippen LogP contribution in [0.2, 0.25) is 0 Å². The zero-order chi connectivity index (χ0) is 19.2. The largest absolute Gasteiger partial charge is 0.447 e. The Morgan fingerprint density at radius 1 is 1.38 bits per heavy atom. The molecule has 0 aliphatic carbocycles. The fourth-order valence-electron chi connectivity index (χ4n) is 2.49. The van der Waals surface area contributed by atoms with Gasteiger partial charge < -0.3 is 15.4 Å². The van der Waals surface area contributed by atoms with Crippen molar-refractivity contribution in [2.75, 3.05) is 50.1 Å². The number of alkyl halides is 3. The van der Waals surface area contributed by atoms with Gasteiger partial charge in [-0.25, -0.2) is 9.59 Å². The molecule has 2 rings (SSSR count). The van der Waals surface area contributed by atoms with Crippen molar-refractivity contribution < 1.29 is 27.5 Å². The predicted molar refractivity (Wildman–Crippen MR) is 90.3 cm³/mol. The maximum atomic E-state index is 12.2. The Morgan fingerprint density at radius 2 is 2.15 bits per heavy atom. The molecule has 0 saturated carbocycles. The van der Waals surface area contributed by atoms with Crippen molar-refractivity contribution in [2.45, 2.75) is 12.6 Å². The van der Waals surface area contributed by atoms with Gasteiger partial charge in [0.15, 0.2) is 0 Å². The Hall–Kier alpha value is -2.49. The van der Waals surface area contributed by atoms with E-state index in [2.05, 4.69) is 10.6 Å². The number of benzene rings is 1. The lowest BCUT2D eigenvalue weighted by Crippen LogP contribution is -2.35. The topological polar surface area (TPSA) is 73.9 Å². The van der Waals surface area contributed by atoms with Crippen molar-refractivity contribution in [3.63, 3.8) is 0 Å². The highest BCUT2D eigenvalue weighted by atomic mass is 19.4. The average Bonchev–Trinajstić information content (AvgIpc) is 2.96. The quantitative estimate of drug-likeness (QED) is 0.720. The first-order valence-electron chi connectivity index (χ1n) is 8.09. The molecule has 0 unspecified atom stereocenters. The van der Waals surface area contributed by atoms with Crippen molar-refractivity contribution >= 4 is 23.5 Å². The van der Waals surface area contributed by atoms with Gasteiger partial charge >= 0.3 is 18.3 Å². The number of anilines is 2. The summed E-state index contributed by atoms with van der Waals surface area (Å²) in [5.41, 5.74) is 1.10. The number of halogens is 3. The fourth-order valence-corrected chi connectivity index (χ4v) is 2.49. The smallest absolute Gasteiger partial charge is 0.414 e. The van der Waals surface area contributed by atoms with E-state index >= 15 is 0 Å². The molecule has 0 spiro atoms. The van der Waals surface area contributed by atoms with E-state index in [4.69, 9.17) is 4.74 Å². The molecule has 1 saturated heterocycles. The molecule has 7 nitrogen and oxygen atoms in total.